The maximum Gasteiger partial charge on any atom is 0.346 e. The van der Waals surface area contributed by atoms with Gasteiger partial charge < -0.3 is 4.42 Å². The number of hydrogen-bond acceptors (Lipinski definition) is 6. The summed E-state index contributed by atoms with van der Waals surface area (Å²) in [6.07, 6.45) is 0. The number of fused-ring (bicyclic) bond motifs is 1. The van der Waals surface area contributed by atoms with E-state index in [4.69, 9.17) is 16.0 Å². The number of non-ortho nitro benzene ring substituents is 1. The predicted octanol–water partition coefficient (Wildman–Crippen LogP) is 5.91. The van der Waals surface area contributed by atoms with E-state index in [1.807, 2.05) is 17.5 Å². The van der Waals surface area contributed by atoms with Gasteiger partial charge in [0.1, 0.15) is 5.01 Å². The van der Waals surface area contributed by atoms with E-state index < -0.39 is 10.5 Å². The fraction of sp³-hybridized carbons (Fsp3) is 0. The molecule has 0 unspecified atom stereocenters. The summed E-state index contributed by atoms with van der Waals surface area (Å²) in [5, 5.41) is 14.4. The van der Waals surface area contributed by atoms with Crippen LogP contribution in [-0.4, -0.2) is 9.91 Å². The number of nitro groups is 1. The Labute approximate surface area is 169 Å². The molecule has 0 bridgehead atoms. The summed E-state index contributed by atoms with van der Waals surface area (Å²) in [4.78, 5) is 27.5. The van der Waals surface area contributed by atoms with Crippen LogP contribution in [0.25, 0.3) is 32.8 Å². The highest BCUT2D eigenvalue weighted by Crippen LogP contribution is 2.33. The Hall–Kier alpha value is -2.55. The van der Waals surface area contributed by atoms with Crippen LogP contribution >= 0.6 is 38.9 Å². The standard InChI is InChI=1S/C18H8BrClN2O4S/c19-14-7-12(22(24)25)5-10-6-13(18(23)26-16(10)14)17-21-15(8-27-17)9-1-3-11(20)4-2-9/h1-8H. The van der Waals surface area contributed by atoms with E-state index in [1.165, 1.54) is 23.5 Å². The van der Waals surface area contributed by atoms with Crippen molar-refractivity contribution in [1.82, 2.24) is 4.98 Å². The van der Waals surface area contributed by atoms with E-state index in [0.29, 0.717) is 25.6 Å². The number of rotatable bonds is 3. The molecule has 9 heteroatoms. The summed E-state index contributed by atoms with van der Waals surface area (Å²) in [6.45, 7) is 0. The smallest absolute Gasteiger partial charge is 0.346 e. The van der Waals surface area contributed by atoms with Gasteiger partial charge in [0.25, 0.3) is 5.69 Å². The third-order valence-electron chi connectivity index (χ3n) is 3.86. The summed E-state index contributed by atoms with van der Waals surface area (Å²) in [7, 11) is 0. The lowest BCUT2D eigenvalue weighted by Crippen LogP contribution is -2.03. The molecule has 0 atom stereocenters. The highest BCUT2D eigenvalue weighted by Gasteiger charge is 2.17. The molecule has 0 aliphatic heterocycles. The molecule has 4 rings (SSSR count). The van der Waals surface area contributed by atoms with E-state index in [-0.39, 0.29) is 16.8 Å². The van der Waals surface area contributed by atoms with Crippen LogP contribution in [-0.2, 0) is 0 Å². The average Bonchev–Trinajstić information content (AvgIpc) is 3.12. The van der Waals surface area contributed by atoms with E-state index in [9.17, 15) is 14.9 Å². The quantitative estimate of drug-likeness (QED) is 0.214. The molecule has 0 N–H and O–H groups in total. The number of benzene rings is 2. The van der Waals surface area contributed by atoms with E-state index >= 15 is 0 Å². The Kier molecular flexibility index (Phi) is 4.55. The molecule has 0 fully saturated rings. The first-order valence-corrected chi connectivity index (χ1v) is 9.61. The molecular weight excluding hydrogens is 456 g/mol. The summed E-state index contributed by atoms with van der Waals surface area (Å²) < 4.78 is 5.71. The van der Waals surface area contributed by atoms with Crippen molar-refractivity contribution in [2.24, 2.45) is 0 Å². The first-order chi connectivity index (χ1) is 12.9. The molecule has 0 radical (unpaired) electrons. The van der Waals surface area contributed by atoms with Crippen LogP contribution in [0.5, 0.6) is 0 Å². The van der Waals surface area contributed by atoms with Crippen LogP contribution < -0.4 is 5.63 Å². The minimum Gasteiger partial charge on any atom is -0.421 e. The number of hydrogen-bond donors (Lipinski definition) is 0. The van der Waals surface area contributed by atoms with Gasteiger partial charge in [0.05, 0.1) is 20.7 Å². The summed E-state index contributed by atoms with van der Waals surface area (Å²) in [5.74, 6) is 0. The van der Waals surface area contributed by atoms with E-state index in [1.54, 1.807) is 18.2 Å². The van der Waals surface area contributed by atoms with Gasteiger partial charge in [-0.05, 0) is 34.1 Å². The van der Waals surface area contributed by atoms with Crippen molar-refractivity contribution < 1.29 is 9.34 Å². The van der Waals surface area contributed by atoms with Crippen molar-refractivity contribution in [3.8, 4) is 21.8 Å². The van der Waals surface area contributed by atoms with Crippen LogP contribution in [0.15, 0.2) is 61.5 Å². The molecular formula is C18H8BrClN2O4S. The van der Waals surface area contributed by atoms with Gasteiger partial charge >= 0.3 is 5.63 Å². The largest absolute Gasteiger partial charge is 0.421 e. The van der Waals surface area contributed by atoms with Gasteiger partial charge in [0.2, 0.25) is 0 Å². The van der Waals surface area contributed by atoms with Gasteiger partial charge in [-0.2, -0.15) is 0 Å². The fourth-order valence-corrected chi connectivity index (χ4v) is 4.08. The van der Waals surface area contributed by atoms with Crippen molar-refractivity contribution in [1.29, 1.82) is 0 Å². The van der Waals surface area contributed by atoms with Gasteiger partial charge in [-0.1, -0.05) is 23.7 Å². The van der Waals surface area contributed by atoms with Crippen molar-refractivity contribution in [3.05, 3.63) is 77.9 Å². The second-order valence-corrected chi connectivity index (χ2v) is 7.74. The Balaban J connectivity index is 1.84. The van der Waals surface area contributed by atoms with Crippen LogP contribution in [0.3, 0.4) is 0 Å². The topological polar surface area (TPSA) is 86.2 Å². The minimum atomic E-state index is -0.561. The van der Waals surface area contributed by atoms with Gasteiger partial charge in [0.15, 0.2) is 5.58 Å². The Morgan fingerprint density at radius 3 is 2.63 bits per heavy atom. The van der Waals surface area contributed by atoms with Gasteiger partial charge in [-0.25, -0.2) is 9.78 Å². The highest BCUT2D eigenvalue weighted by atomic mass is 79.9. The van der Waals surface area contributed by atoms with Crippen LogP contribution in [0.1, 0.15) is 0 Å². The molecule has 0 amide bonds. The molecule has 0 saturated heterocycles. The molecule has 6 nitrogen and oxygen atoms in total. The molecule has 2 aromatic heterocycles. The normalized spacial score (nSPS) is 11.0. The summed E-state index contributed by atoms with van der Waals surface area (Å²) in [6, 6.07) is 11.4. The zero-order chi connectivity index (χ0) is 19.1. The Morgan fingerprint density at radius 1 is 1.19 bits per heavy atom. The second kappa shape index (κ2) is 6.88. The molecule has 0 aliphatic rings. The van der Waals surface area contributed by atoms with Crippen molar-refractivity contribution in [2.75, 3.05) is 0 Å². The van der Waals surface area contributed by atoms with Crippen molar-refractivity contribution >= 4 is 55.5 Å². The fourth-order valence-electron chi connectivity index (χ4n) is 2.58. The number of nitrogens with zero attached hydrogens (tertiary/aromatic N) is 2. The molecule has 27 heavy (non-hydrogen) atoms. The Morgan fingerprint density at radius 2 is 1.93 bits per heavy atom. The molecule has 0 saturated carbocycles. The molecule has 2 aromatic carbocycles. The number of aromatic nitrogens is 1. The number of thiazole rings is 1. The lowest BCUT2D eigenvalue weighted by atomic mass is 10.1. The van der Waals surface area contributed by atoms with E-state index in [0.717, 1.165) is 5.56 Å². The third-order valence-corrected chi connectivity index (χ3v) is 5.57. The van der Waals surface area contributed by atoms with Gasteiger partial charge in [-0.15, -0.1) is 11.3 Å². The molecule has 134 valence electrons. The summed E-state index contributed by atoms with van der Waals surface area (Å²) in [5.41, 5.74) is 1.41. The van der Waals surface area contributed by atoms with Gasteiger partial charge in [0, 0.05) is 33.5 Å². The SMILES string of the molecule is O=c1oc2c(Br)cc([N+](=O)[O-])cc2cc1-c1nc(-c2ccc(Cl)cc2)cs1. The monoisotopic (exact) mass is 462 g/mol. The maximum atomic E-state index is 12.4. The van der Waals surface area contributed by atoms with Crippen LogP contribution in [0.2, 0.25) is 5.02 Å². The molecule has 4 aromatic rings. The average molecular weight is 464 g/mol. The minimum absolute atomic E-state index is 0.102. The molecule has 0 spiro atoms. The highest BCUT2D eigenvalue weighted by molar-refractivity contribution is 9.10. The van der Waals surface area contributed by atoms with E-state index in [2.05, 4.69) is 20.9 Å². The lowest BCUT2D eigenvalue weighted by molar-refractivity contribution is -0.384. The number of halogens is 2. The molecule has 2 heterocycles. The maximum absolute atomic E-state index is 12.4. The second-order valence-electron chi connectivity index (χ2n) is 5.60. The summed E-state index contributed by atoms with van der Waals surface area (Å²) >= 11 is 10.4. The predicted molar refractivity (Wildman–Crippen MR) is 108 cm³/mol. The first-order valence-electron chi connectivity index (χ1n) is 7.56. The van der Waals surface area contributed by atoms with Crippen molar-refractivity contribution in [2.45, 2.75) is 0 Å². The van der Waals surface area contributed by atoms with Crippen molar-refractivity contribution in [3.63, 3.8) is 0 Å². The first kappa shape index (κ1) is 17.8. The van der Waals surface area contributed by atoms with Gasteiger partial charge in [-0.3, -0.25) is 10.1 Å². The zero-order valence-corrected chi connectivity index (χ0v) is 16.5. The molecule has 0 aliphatic carbocycles. The third kappa shape index (κ3) is 3.39. The Bertz CT molecular complexity index is 1250. The lowest BCUT2D eigenvalue weighted by Gasteiger charge is -2.02. The number of nitro benzene ring substituents is 1. The zero-order valence-electron chi connectivity index (χ0n) is 13.3. The van der Waals surface area contributed by atoms with Crippen LogP contribution in [0.4, 0.5) is 5.69 Å². The van der Waals surface area contributed by atoms with Crippen LogP contribution in [0, 0.1) is 10.1 Å².